The fourth-order valence-electron chi connectivity index (χ4n) is 3.38. The van der Waals surface area contributed by atoms with Gasteiger partial charge in [0.15, 0.2) is 0 Å². The van der Waals surface area contributed by atoms with E-state index in [4.69, 9.17) is 10.1 Å². The molecule has 10 heteroatoms. The molecule has 0 saturated carbocycles. The number of primary sulfonamides is 1. The molecule has 0 fully saturated rings. The van der Waals surface area contributed by atoms with E-state index in [2.05, 4.69) is 18.4 Å². The molecule has 2 heterocycles. The molecule has 0 atom stereocenters. The van der Waals surface area contributed by atoms with E-state index in [9.17, 15) is 18.5 Å². The Morgan fingerprint density at radius 1 is 1.35 bits per heavy atom. The number of imidazole rings is 1. The zero-order valence-electron chi connectivity index (χ0n) is 14.8. The molecule has 1 aromatic carbocycles. The molecule has 9 nitrogen and oxygen atoms in total. The molecular formula is C16H21N5O4S. The summed E-state index contributed by atoms with van der Waals surface area (Å²) < 4.78 is 26.0. The van der Waals surface area contributed by atoms with E-state index in [0.717, 1.165) is 23.3 Å². The summed E-state index contributed by atoms with van der Waals surface area (Å²) in [7, 11) is -2.12. The number of rotatable bonds is 4. The molecule has 1 aromatic heterocycles. The van der Waals surface area contributed by atoms with Crippen molar-refractivity contribution >= 4 is 21.4 Å². The molecule has 0 radical (unpaired) electrons. The Labute approximate surface area is 151 Å². The zero-order chi connectivity index (χ0) is 19.2. The molecule has 0 amide bonds. The fraction of sp³-hybridized carbons (Fsp3) is 0.438. The van der Waals surface area contributed by atoms with Crippen molar-refractivity contribution in [1.29, 1.82) is 0 Å². The van der Waals surface area contributed by atoms with Gasteiger partial charge >= 0.3 is 0 Å². The summed E-state index contributed by atoms with van der Waals surface area (Å²) in [6.45, 7) is 5.14. The Bertz CT molecular complexity index is 981. The minimum Gasteiger partial charge on any atom is -0.364 e. The molecule has 2 aromatic rings. The maximum atomic E-state index is 12.0. The number of benzene rings is 1. The first-order valence-electron chi connectivity index (χ1n) is 8.20. The summed E-state index contributed by atoms with van der Waals surface area (Å²) in [4.78, 5) is 16.6. The third-order valence-electron chi connectivity index (χ3n) is 4.61. The molecule has 0 spiro atoms. The van der Waals surface area contributed by atoms with Crippen LogP contribution in [0.3, 0.4) is 0 Å². The monoisotopic (exact) mass is 379 g/mol. The second kappa shape index (κ2) is 6.36. The minimum atomic E-state index is -4.10. The lowest BCUT2D eigenvalue weighted by Gasteiger charge is -2.30. The van der Waals surface area contributed by atoms with Crippen LogP contribution in [0.2, 0.25) is 0 Å². The number of sulfonamides is 1. The van der Waals surface area contributed by atoms with Crippen LogP contribution in [0.15, 0.2) is 23.1 Å². The van der Waals surface area contributed by atoms with Crippen LogP contribution in [-0.4, -0.2) is 29.4 Å². The lowest BCUT2D eigenvalue weighted by atomic mass is 10.1. The first-order valence-corrected chi connectivity index (χ1v) is 9.74. The van der Waals surface area contributed by atoms with Crippen LogP contribution >= 0.6 is 0 Å². The maximum absolute atomic E-state index is 12.0. The predicted molar refractivity (Wildman–Crippen MR) is 96.5 cm³/mol. The van der Waals surface area contributed by atoms with Gasteiger partial charge in [-0.1, -0.05) is 13.8 Å². The van der Waals surface area contributed by atoms with Gasteiger partial charge < -0.3 is 9.47 Å². The molecule has 1 aliphatic heterocycles. The zero-order valence-corrected chi connectivity index (χ0v) is 15.7. The van der Waals surface area contributed by atoms with Crippen LogP contribution in [0.1, 0.15) is 37.0 Å². The fourth-order valence-corrected chi connectivity index (χ4v) is 4.15. The smallest absolute Gasteiger partial charge is 0.270 e. The van der Waals surface area contributed by atoms with Gasteiger partial charge in [-0.25, -0.2) is 18.5 Å². The SMILES string of the molecule is CC(C)c1nc2c(n1C)CCN(c1ccc([N+](=O)[O-])cc1S(N)(=O)=O)C2. The topological polar surface area (TPSA) is 124 Å². The van der Waals surface area contributed by atoms with E-state index in [1.165, 1.54) is 12.1 Å². The standard InChI is InChI=1S/C16H21N5O4S/c1-10(2)16-18-12-9-20(7-6-13(12)19(16)3)14-5-4-11(21(22)23)8-15(14)26(17,24)25/h4-5,8,10H,6-7,9H2,1-3H3,(H2,17,24,25). The number of nitro groups is 1. The number of aromatic nitrogens is 2. The van der Waals surface area contributed by atoms with E-state index in [0.29, 0.717) is 25.2 Å². The normalized spacial score (nSPS) is 14.6. The van der Waals surface area contributed by atoms with Crippen LogP contribution in [0.5, 0.6) is 0 Å². The van der Waals surface area contributed by atoms with Gasteiger partial charge in [-0.15, -0.1) is 0 Å². The number of hydrogen-bond donors (Lipinski definition) is 1. The summed E-state index contributed by atoms with van der Waals surface area (Å²) in [6, 6.07) is 3.74. The second-order valence-electron chi connectivity index (χ2n) is 6.70. The van der Waals surface area contributed by atoms with Gasteiger partial charge in [0.1, 0.15) is 10.7 Å². The van der Waals surface area contributed by atoms with E-state index >= 15 is 0 Å². The van der Waals surface area contributed by atoms with Gasteiger partial charge in [-0.05, 0) is 6.07 Å². The van der Waals surface area contributed by atoms with Crippen LogP contribution in [0, 0.1) is 10.1 Å². The van der Waals surface area contributed by atoms with E-state index < -0.39 is 14.9 Å². The van der Waals surface area contributed by atoms with Crippen molar-refractivity contribution in [2.45, 2.75) is 37.6 Å². The Hall–Kier alpha value is -2.46. The van der Waals surface area contributed by atoms with Crippen molar-refractivity contribution in [3.8, 4) is 0 Å². The number of nitrogens with two attached hydrogens (primary N) is 1. The summed E-state index contributed by atoms with van der Waals surface area (Å²) in [5, 5.41) is 16.3. The van der Waals surface area contributed by atoms with Crippen molar-refractivity contribution in [2.75, 3.05) is 11.4 Å². The highest BCUT2D eigenvalue weighted by Gasteiger charge is 2.28. The van der Waals surface area contributed by atoms with Crippen molar-refractivity contribution in [2.24, 2.45) is 12.2 Å². The predicted octanol–water partition coefficient (Wildman–Crippen LogP) is 1.66. The number of anilines is 1. The third-order valence-corrected chi connectivity index (χ3v) is 5.55. The van der Waals surface area contributed by atoms with Gasteiger partial charge in [0, 0.05) is 43.8 Å². The molecule has 1 aliphatic rings. The lowest BCUT2D eigenvalue weighted by Crippen LogP contribution is -2.32. The summed E-state index contributed by atoms with van der Waals surface area (Å²) >= 11 is 0. The number of non-ortho nitro benzene ring substituents is 1. The number of fused-ring (bicyclic) bond motifs is 1. The van der Waals surface area contributed by atoms with Gasteiger partial charge in [0.25, 0.3) is 5.69 Å². The average Bonchev–Trinajstić information content (AvgIpc) is 2.90. The van der Waals surface area contributed by atoms with E-state index in [1.807, 2.05) is 11.9 Å². The van der Waals surface area contributed by atoms with Gasteiger partial charge in [-0.2, -0.15) is 0 Å². The van der Waals surface area contributed by atoms with Crippen molar-refractivity contribution < 1.29 is 13.3 Å². The summed E-state index contributed by atoms with van der Waals surface area (Å²) in [5.74, 6) is 1.26. The van der Waals surface area contributed by atoms with Crippen molar-refractivity contribution in [3.63, 3.8) is 0 Å². The summed E-state index contributed by atoms with van der Waals surface area (Å²) in [6.07, 6.45) is 0.701. The quantitative estimate of drug-likeness (QED) is 0.636. The highest BCUT2D eigenvalue weighted by atomic mass is 32.2. The highest BCUT2D eigenvalue weighted by Crippen LogP contribution is 2.32. The van der Waals surface area contributed by atoms with Crippen LogP contribution in [-0.2, 0) is 30.0 Å². The molecule has 26 heavy (non-hydrogen) atoms. The summed E-state index contributed by atoms with van der Waals surface area (Å²) in [5.41, 5.74) is 2.07. The molecule has 3 rings (SSSR count). The number of nitro benzene ring substituents is 1. The lowest BCUT2D eigenvalue weighted by molar-refractivity contribution is -0.385. The maximum Gasteiger partial charge on any atom is 0.270 e. The number of hydrogen-bond acceptors (Lipinski definition) is 6. The van der Waals surface area contributed by atoms with E-state index in [-0.39, 0.29) is 16.5 Å². The third kappa shape index (κ3) is 3.17. The average molecular weight is 379 g/mol. The van der Waals surface area contributed by atoms with Gasteiger partial charge in [-0.3, -0.25) is 10.1 Å². The molecule has 0 aliphatic carbocycles. The van der Waals surface area contributed by atoms with E-state index in [1.54, 1.807) is 0 Å². The van der Waals surface area contributed by atoms with Crippen molar-refractivity contribution in [1.82, 2.24) is 9.55 Å². The Kier molecular flexibility index (Phi) is 4.49. The first-order chi connectivity index (χ1) is 12.1. The van der Waals surface area contributed by atoms with Crippen molar-refractivity contribution in [3.05, 3.63) is 45.5 Å². The molecule has 0 bridgehead atoms. The van der Waals surface area contributed by atoms with Crippen LogP contribution in [0.25, 0.3) is 0 Å². The largest absolute Gasteiger partial charge is 0.364 e. The van der Waals surface area contributed by atoms with Crippen LogP contribution < -0.4 is 10.0 Å². The second-order valence-corrected chi connectivity index (χ2v) is 8.23. The number of nitrogens with zero attached hydrogens (tertiary/aromatic N) is 4. The Balaban J connectivity index is 2.03. The van der Waals surface area contributed by atoms with Crippen LogP contribution in [0.4, 0.5) is 11.4 Å². The molecule has 0 unspecified atom stereocenters. The first kappa shape index (κ1) is 18.3. The molecule has 2 N–H and O–H groups in total. The Morgan fingerprint density at radius 2 is 2.04 bits per heavy atom. The minimum absolute atomic E-state index is 0.241. The Morgan fingerprint density at radius 3 is 2.62 bits per heavy atom. The molecule has 0 saturated heterocycles. The molecular weight excluding hydrogens is 358 g/mol. The van der Waals surface area contributed by atoms with Gasteiger partial charge in [0.2, 0.25) is 10.0 Å². The highest BCUT2D eigenvalue weighted by molar-refractivity contribution is 7.89. The molecule has 140 valence electrons. The van der Waals surface area contributed by atoms with Gasteiger partial charge in [0.05, 0.1) is 22.8 Å².